The van der Waals surface area contributed by atoms with Crippen molar-refractivity contribution in [2.75, 3.05) is 10.6 Å². The number of anilines is 2. The van der Waals surface area contributed by atoms with Gasteiger partial charge in [0.05, 0.1) is 11.6 Å². The molecule has 2 amide bonds. The van der Waals surface area contributed by atoms with E-state index in [1.54, 1.807) is 0 Å². The smallest absolute Gasteiger partial charge is 0.314 e. The largest absolute Gasteiger partial charge is 0.452 e. The first-order valence-electron chi connectivity index (χ1n) is 8.30. The molecular weight excluding hydrogens is 394 g/mol. The zero-order chi connectivity index (χ0) is 20.4. The van der Waals surface area contributed by atoms with Gasteiger partial charge in [0.1, 0.15) is 11.6 Å². The van der Waals surface area contributed by atoms with Crippen LogP contribution in [0.2, 0.25) is 5.02 Å². The molecule has 3 rings (SSSR count). The molecule has 2 aromatic carbocycles. The molecule has 28 heavy (non-hydrogen) atoms. The van der Waals surface area contributed by atoms with Gasteiger partial charge in [-0.3, -0.25) is 14.4 Å². The number of halogens is 3. The molecule has 0 spiro atoms. The summed E-state index contributed by atoms with van der Waals surface area (Å²) < 4.78 is 32.3. The van der Waals surface area contributed by atoms with Crippen LogP contribution in [-0.2, 0) is 19.1 Å². The van der Waals surface area contributed by atoms with Crippen molar-refractivity contribution < 1.29 is 27.9 Å². The monoisotopic (exact) mass is 408 g/mol. The first-order valence-corrected chi connectivity index (χ1v) is 8.68. The van der Waals surface area contributed by atoms with Gasteiger partial charge < -0.3 is 15.4 Å². The number of hydrogen-bond donors (Lipinski definition) is 2. The number of amides is 2. The van der Waals surface area contributed by atoms with Gasteiger partial charge in [0.25, 0.3) is 5.91 Å². The fourth-order valence-electron chi connectivity index (χ4n) is 2.78. The third kappa shape index (κ3) is 4.28. The van der Waals surface area contributed by atoms with E-state index < -0.39 is 41.4 Å². The summed E-state index contributed by atoms with van der Waals surface area (Å²) in [5.41, 5.74) is 0.455. The molecule has 146 valence electrons. The van der Waals surface area contributed by atoms with Crippen molar-refractivity contribution in [3.8, 4) is 0 Å². The summed E-state index contributed by atoms with van der Waals surface area (Å²) in [6, 6.07) is 7.35. The Morgan fingerprint density at radius 3 is 2.71 bits per heavy atom. The Balaban J connectivity index is 1.70. The van der Waals surface area contributed by atoms with E-state index in [0.717, 1.165) is 18.2 Å². The van der Waals surface area contributed by atoms with Gasteiger partial charge in [0.15, 0.2) is 6.10 Å². The SMILES string of the molecule is C[C@H](OC(=O)[C@H]1CC(=O)Nc2cc(F)ccc21)C(=O)Nc1ccc(Cl)cc1F. The summed E-state index contributed by atoms with van der Waals surface area (Å²) in [5, 5.41) is 4.96. The number of fused-ring (bicyclic) bond motifs is 1. The lowest BCUT2D eigenvalue weighted by molar-refractivity contribution is -0.155. The Morgan fingerprint density at radius 2 is 2.00 bits per heavy atom. The predicted molar refractivity (Wildman–Crippen MR) is 98.0 cm³/mol. The lowest BCUT2D eigenvalue weighted by Gasteiger charge is -2.25. The average Bonchev–Trinajstić information content (AvgIpc) is 2.62. The molecule has 0 saturated carbocycles. The number of esters is 1. The van der Waals surface area contributed by atoms with E-state index in [-0.39, 0.29) is 22.8 Å². The molecule has 0 saturated heterocycles. The fraction of sp³-hybridized carbons (Fsp3) is 0.211. The first kappa shape index (κ1) is 19.8. The molecule has 0 aliphatic carbocycles. The van der Waals surface area contributed by atoms with Crippen LogP contribution in [0.4, 0.5) is 20.2 Å². The van der Waals surface area contributed by atoms with Crippen molar-refractivity contribution in [1.82, 2.24) is 0 Å². The van der Waals surface area contributed by atoms with Gasteiger partial charge in [-0.05, 0) is 42.8 Å². The molecule has 6 nitrogen and oxygen atoms in total. The van der Waals surface area contributed by atoms with Crippen LogP contribution in [0.3, 0.4) is 0 Å². The minimum Gasteiger partial charge on any atom is -0.452 e. The van der Waals surface area contributed by atoms with Crippen LogP contribution in [0.5, 0.6) is 0 Å². The molecule has 2 atom stereocenters. The third-order valence-electron chi connectivity index (χ3n) is 4.19. The van der Waals surface area contributed by atoms with Gasteiger partial charge in [-0.15, -0.1) is 0 Å². The molecule has 2 N–H and O–H groups in total. The maximum Gasteiger partial charge on any atom is 0.314 e. The van der Waals surface area contributed by atoms with Crippen LogP contribution in [0.15, 0.2) is 36.4 Å². The van der Waals surface area contributed by atoms with Crippen LogP contribution < -0.4 is 10.6 Å². The highest BCUT2D eigenvalue weighted by Gasteiger charge is 2.34. The Hall–Kier alpha value is -3.00. The van der Waals surface area contributed by atoms with E-state index in [0.29, 0.717) is 5.56 Å². The fourth-order valence-corrected chi connectivity index (χ4v) is 2.94. The molecule has 0 unspecified atom stereocenters. The van der Waals surface area contributed by atoms with Crippen LogP contribution in [0, 0.1) is 11.6 Å². The van der Waals surface area contributed by atoms with E-state index in [1.807, 2.05) is 0 Å². The van der Waals surface area contributed by atoms with Crippen LogP contribution >= 0.6 is 11.6 Å². The Bertz CT molecular complexity index is 967. The average molecular weight is 409 g/mol. The lowest BCUT2D eigenvalue weighted by atomic mass is 9.90. The number of carbonyl (C=O) groups is 3. The highest BCUT2D eigenvalue weighted by Crippen LogP contribution is 2.33. The number of hydrogen-bond acceptors (Lipinski definition) is 4. The van der Waals surface area contributed by atoms with Crippen molar-refractivity contribution in [3.05, 3.63) is 58.6 Å². The quantitative estimate of drug-likeness (QED) is 0.757. The Morgan fingerprint density at radius 1 is 1.25 bits per heavy atom. The number of carbonyl (C=O) groups excluding carboxylic acids is 3. The second-order valence-electron chi connectivity index (χ2n) is 6.23. The van der Waals surface area contributed by atoms with E-state index in [2.05, 4.69) is 10.6 Å². The predicted octanol–water partition coefficient (Wildman–Crippen LogP) is 3.61. The highest BCUT2D eigenvalue weighted by atomic mass is 35.5. The maximum atomic E-state index is 13.8. The van der Waals surface area contributed by atoms with Crippen LogP contribution in [0.25, 0.3) is 0 Å². The summed E-state index contributed by atoms with van der Waals surface area (Å²) in [6.07, 6.45) is -1.45. The third-order valence-corrected chi connectivity index (χ3v) is 4.43. The Kier molecular flexibility index (Phi) is 5.60. The van der Waals surface area contributed by atoms with Crippen LogP contribution in [0.1, 0.15) is 24.8 Å². The summed E-state index contributed by atoms with van der Waals surface area (Å²) in [5.74, 6) is -4.33. The minimum atomic E-state index is -1.25. The number of nitrogens with one attached hydrogen (secondary N) is 2. The molecule has 0 fully saturated rings. The zero-order valence-corrected chi connectivity index (χ0v) is 15.3. The second-order valence-corrected chi connectivity index (χ2v) is 6.67. The molecule has 2 aromatic rings. The van der Waals surface area contributed by atoms with Crippen molar-refractivity contribution in [2.24, 2.45) is 0 Å². The second kappa shape index (κ2) is 7.93. The number of rotatable bonds is 4. The molecule has 0 bridgehead atoms. The van der Waals surface area contributed by atoms with E-state index in [9.17, 15) is 23.2 Å². The minimum absolute atomic E-state index is 0.116. The summed E-state index contributed by atoms with van der Waals surface area (Å²) in [4.78, 5) is 36.5. The van der Waals surface area contributed by atoms with Crippen LogP contribution in [-0.4, -0.2) is 23.9 Å². The number of ether oxygens (including phenoxy) is 1. The molecule has 1 aliphatic heterocycles. The van der Waals surface area contributed by atoms with Gasteiger partial charge in [0, 0.05) is 17.1 Å². The molecule has 9 heteroatoms. The molecule has 1 heterocycles. The zero-order valence-electron chi connectivity index (χ0n) is 14.6. The van der Waals surface area contributed by atoms with Gasteiger partial charge in [0.2, 0.25) is 5.91 Å². The standard InChI is InChI=1S/C19H15ClF2N2O4/c1-9(18(26)24-15-5-2-10(20)6-14(15)22)28-19(27)13-8-17(25)23-16-7-11(21)3-4-12(13)16/h2-7,9,13H,8H2,1H3,(H,23,25)(H,24,26)/t9-,13-/m0/s1. The van der Waals surface area contributed by atoms with Crippen molar-refractivity contribution in [3.63, 3.8) is 0 Å². The van der Waals surface area contributed by atoms with E-state index in [1.165, 1.54) is 25.1 Å². The summed E-state index contributed by atoms with van der Waals surface area (Å²) >= 11 is 5.66. The number of benzene rings is 2. The maximum absolute atomic E-state index is 13.8. The molecule has 1 aliphatic rings. The van der Waals surface area contributed by atoms with Gasteiger partial charge in [-0.1, -0.05) is 17.7 Å². The topological polar surface area (TPSA) is 84.5 Å². The molecule has 0 radical (unpaired) electrons. The molecular formula is C19H15ClF2N2O4. The summed E-state index contributed by atoms with van der Waals surface area (Å²) in [7, 11) is 0. The molecule has 0 aromatic heterocycles. The first-order chi connectivity index (χ1) is 13.2. The van der Waals surface area contributed by atoms with Crippen molar-refractivity contribution in [2.45, 2.75) is 25.4 Å². The highest BCUT2D eigenvalue weighted by molar-refractivity contribution is 6.30. The van der Waals surface area contributed by atoms with Gasteiger partial charge in [-0.25, -0.2) is 8.78 Å². The van der Waals surface area contributed by atoms with E-state index in [4.69, 9.17) is 16.3 Å². The van der Waals surface area contributed by atoms with Gasteiger partial charge in [-0.2, -0.15) is 0 Å². The lowest BCUT2D eigenvalue weighted by Crippen LogP contribution is -2.34. The normalized spacial score (nSPS) is 16.6. The summed E-state index contributed by atoms with van der Waals surface area (Å²) in [6.45, 7) is 1.32. The van der Waals surface area contributed by atoms with E-state index >= 15 is 0 Å². The van der Waals surface area contributed by atoms with Gasteiger partial charge >= 0.3 is 5.97 Å². The Labute approximate surface area is 163 Å². The van der Waals surface area contributed by atoms with Crippen molar-refractivity contribution >= 4 is 40.8 Å². The van der Waals surface area contributed by atoms with Crippen molar-refractivity contribution in [1.29, 1.82) is 0 Å².